The molecule has 2 heterocycles. The first kappa shape index (κ1) is 15.7. The van der Waals surface area contributed by atoms with E-state index >= 15 is 0 Å². The highest BCUT2D eigenvalue weighted by molar-refractivity contribution is 9.10. The standard InChI is InChI=1S/C15H25BrN4/c1-5-17-9-12-8-13(16)10-18-14(12)20-7-6-19(4)15(2,3)11-20/h8,10,17H,5-7,9,11H2,1-4H3. The molecule has 0 aromatic carbocycles. The maximum absolute atomic E-state index is 4.67. The van der Waals surface area contributed by atoms with Crippen molar-refractivity contribution in [1.29, 1.82) is 0 Å². The number of halogens is 1. The molecule has 0 amide bonds. The molecule has 0 unspecified atom stereocenters. The summed E-state index contributed by atoms with van der Waals surface area (Å²) in [6.07, 6.45) is 1.90. The van der Waals surface area contributed by atoms with Gasteiger partial charge in [-0.2, -0.15) is 0 Å². The number of nitrogens with one attached hydrogen (secondary N) is 1. The summed E-state index contributed by atoms with van der Waals surface area (Å²) in [5, 5.41) is 3.40. The van der Waals surface area contributed by atoms with Gasteiger partial charge in [0.2, 0.25) is 0 Å². The summed E-state index contributed by atoms with van der Waals surface area (Å²) < 4.78 is 1.04. The molecule has 1 aliphatic rings. The van der Waals surface area contributed by atoms with E-state index in [4.69, 9.17) is 0 Å². The van der Waals surface area contributed by atoms with Gasteiger partial charge >= 0.3 is 0 Å². The molecule has 0 radical (unpaired) electrons. The minimum atomic E-state index is 0.183. The molecule has 5 heteroatoms. The molecule has 0 saturated carbocycles. The molecule has 0 atom stereocenters. The van der Waals surface area contributed by atoms with E-state index in [2.05, 4.69) is 69.9 Å². The highest BCUT2D eigenvalue weighted by Gasteiger charge is 2.32. The third kappa shape index (κ3) is 3.51. The van der Waals surface area contributed by atoms with E-state index in [1.165, 1.54) is 5.56 Å². The molecule has 20 heavy (non-hydrogen) atoms. The molecular formula is C15H25BrN4. The maximum Gasteiger partial charge on any atom is 0.133 e. The normalized spacial score (nSPS) is 19.4. The van der Waals surface area contributed by atoms with Gasteiger partial charge in [0.15, 0.2) is 0 Å². The Morgan fingerprint density at radius 1 is 1.40 bits per heavy atom. The Balaban J connectivity index is 2.23. The van der Waals surface area contributed by atoms with Crippen molar-refractivity contribution in [3.05, 3.63) is 22.3 Å². The van der Waals surface area contributed by atoms with Crippen LogP contribution in [0, 0.1) is 0 Å². The number of aromatic nitrogens is 1. The van der Waals surface area contributed by atoms with Crippen molar-refractivity contribution >= 4 is 21.7 Å². The highest BCUT2D eigenvalue weighted by Crippen LogP contribution is 2.27. The van der Waals surface area contributed by atoms with E-state index in [9.17, 15) is 0 Å². The monoisotopic (exact) mass is 340 g/mol. The molecule has 112 valence electrons. The van der Waals surface area contributed by atoms with E-state index in [0.717, 1.165) is 43.0 Å². The van der Waals surface area contributed by atoms with Gasteiger partial charge in [-0.25, -0.2) is 4.98 Å². The van der Waals surface area contributed by atoms with Gasteiger partial charge in [-0.3, -0.25) is 4.90 Å². The molecule has 1 saturated heterocycles. The summed E-state index contributed by atoms with van der Waals surface area (Å²) in [6.45, 7) is 11.7. The minimum absolute atomic E-state index is 0.183. The molecule has 1 N–H and O–H groups in total. The van der Waals surface area contributed by atoms with Gasteiger partial charge in [0.05, 0.1) is 0 Å². The zero-order valence-electron chi connectivity index (χ0n) is 12.9. The molecule has 1 aromatic heterocycles. The van der Waals surface area contributed by atoms with Gasteiger partial charge in [0.1, 0.15) is 5.82 Å². The number of pyridine rings is 1. The Hall–Kier alpha value is -0.650. The predicted molar refractivity (Wildman–Crippen MR) is 88.2 cm³/mol. The summed E-state index contributed by atoms with van der Waals surface area (Å²) in [5.41, 5.74) is 1.45. The number of anilines is 1. The van der Waals surface area contributed by atoms with E-state index < -0.39 is 0 Å². The molecule has 2 rings (SSSR count). The van der Waals surface area contributed by atoms with Crippen LogP contribution in [0.3, 0.4) is 0 Å². The third-order valence-electron chi connectivity index (χ3n) is 4.09. The molecule has 0 bridgehead atoms. The number of nitrogens with zero attached hydrogens (tertiary/aromatic N) is 3. The largest absolute Gasteiger partial charge is 0.353 e. The fourth-order valence-corrected chi connectivity index (χ4v) is 2.95. The van der Waals surface area contributed by atoms with Gasteiger partial charge in [-0.1, -0.05) is 6.92 Å². The number of piperazine rings is 1. The smallest absolute Gasteiger partial charge is 0.133 e. The van der Waals surface area contributed by atoms with Crippen LogP contribution in [0.2, 0.25) is 0 Å². The zero-order valence-corrected chi connectivity index (χ0v) is 14.5. The Labute approximate surface area is 130 Å². The maximum atomic E-state index is 4.67. The molecule has 1 aliphatic heterocycles. The van der Waals surface area contributed by atoms with Gasteiger partial charge in [-0.15, -0.1) is 0 Å². The minimum Gasteiger partial charge on any atom is -0.353 e. The van der Waals surface area contributed by atoms with Gasteiger partial charge in [-0.05, 0) is 49.4 Å². The van der Waals surface area contributed by atoms with Crippen LogP contribution in [0.25, 0.3) is 0 Å². The topological polar surface area (TPSA) is 31.4 Å². The first-order chi connectivity index (χ1) is 9.44. The van der Waals surface area contributed by atoms with Crippen molar-refractivity contribution < 1.29 is 0 Å². The van der Waals surface area contributed by atoms with Crippen molar-refractivity contribution in [2.75, 3.05) is 38.1 Å². The summed E-state index contributed by atoms with van der Waals surface area (Å²) in [4.78, 5) is 9.50. The van der Waals surface area contributed by atoms with Crippen LogP contribution in [-0.4, -0.2) is 48.6 Å². The van der Waals surface area contributed by atoms with Crippen molar-refractivity contribution in [3.63, 3.8) is 0 Å². The molecule has 0 aliphatic carbocycles. The first-order valence-corrected chi connectivity index (χ1v) is 8.04. The summed E-state index contributed by atoms with van der Waals surface area (Å²) in [7, 11) is 2.20. The second-order valence-corrected chi connectivity index (χ2v) is 6.99. The predicted octanol–water partition coefficient (Wildman–Crippen LogP) is 2.48. The fraction of sp³-hybridized carbons (Fsp3) is 0.667. The average Bonchev–Trinajstić information content (AvgIpc) is 2.39. The van der Waals surface area contributed by atoms with Gasteiger partial charge in [0, 0.05) is 48.0 Å². The first-order valence-electron chi connectivity index (χ1n) is 7.25. The lowest BCUT2D eigenvalue weighted by Crippen LogP contribution is -2.58. The van der Waals surface area contributed by atoms with E-state index in [1.807, 2.05) is 6.20 Å². The number of hydrogen-bond donors (Lipinski definition) is 1. The average molecular weight is 341 g/mol. The lowest BCUT2D eigenvalue weighted by molar-refractivity contribution is 0.138. The molecule has 0 spiro atoms. The van der Waals surface area contributed by atoms with Crippen molar-refractivity contribution in [2.45, 2.75) is 32.9 Å². The lowest BCUT2D eigenvalue weighted by atomic mass is 9.99. The number of hydrogen-bond acceptors (Lipinski definition) is 4. The summed E-state index contributed by atoms with van der Waals surface area (Å²) >= 11 is 3.53. The molecule has 4 nitrogen and oxygen atoms in total. The summed E-state index contributed by atoms with van der Waals surface area (Å²) in [5.74, 6) is 1.12. The molecule has 1 aromatic rings. The Kier molecular flexibility index (Phi) is 5.04. The van der Waals surface area contributed by atoms with Crippen LogP contribution in [0.1, 0.15) is 26.3 Å². The zero-order chi connectivity index (χ0) is 14.8. The van der Waals surface area contributed by atoms with E-state index in [1.54, 1.807) is 0 Å². The Bertz CT molecular complexity index is 461. The van der Waals surface area contributed by atoms with Crippen LogP contribution in [0.15, 0.2) is 16.7 Å². The van der Waals surface area contributed by atoms with Crippen LogP contribution in [-0.2, 0) is 6.54 Å². The van der Waals surface area contributed by atoms with Crippen molar-refractivity contribution in [2.24, 2.45) is 0 Å². The SMILES string of the molecule is CCNCc1cc(Br)cnc1N1CCN(C)C(C)(C)C1. The Morgan fingerprint density at radius 2 is 2.15 bits per heavy atom. The van der Waals surface area contributed by atoms with Gasteiger partial charge in [0.25, 0.3) is 0 Å². The molecular weight excluding hydrogens is 316 g/mol. The highest BCUT2D eigenvalue weighted by atomic mass is 79.9. The van der Waals surface area contributed by atoms with Crippen LogP contribution in [0.5, 0.6) is 0 Å². The van der Waals surface area contributed by atoms with Crippen LogP contribution >= 0.6 is 15.9 Å². The molecule has 1 fully saturated rings. The quantitative estimate of drug-likeness (QED) is 0.912. The lowest BCUT2D eigenvalue weighted by Gasteiger charge is -2.46. The van der Waals surface area contributed by atoms with E-state index in [-0.39, 0.29) is 5.54 Å². The van der Waals surface area contributed by atoms with Crippen molar-refractivity contribution in [3.8, 4) is 0 Å². The van der Waals surface area contributed by atoms with Gasteiger partial charge < -0.3 is 10.2 Å². The second-order valence-electron chi connectivity index (χ2n) is 6.07. The Morgan fingerprint density at radius 3 is 2.80 bits per heavy atom. The second kappa shape index (κ2) is 6.41. The third-order valence-corrected chi connectivity index (χ3v) is 4.52. The van der Waals surface area contributed by atoms with Crippen LogP contribution in [0.4, 0.5) is 5.82 Å². The number of likely N-dealkylation sites (N-methyl/N-ethyl adjacent to an activating group) is 1. The van der Waals surface area contributed by atoms with Crippen molar-refractivity contribution in [1.82, 2.24) is 15.2 Å². The fourth-order valence-electron chi connectivity index (χ4n) is 2.57. The summed E-state index contributed by atoms with van der Waals surface area (Å²) in [6, 6.07) is 2.18. The van der Waals surface area contributed by atoms with E-state index in [0.29, 0.717) is 0 Å². The number of rotatable bonds is 4. The van der Waals surface area contributed by atoms with Crippen LogP contribution < -0.4 is 10.2 Å².